The monoisotopic (exact) mass is 266 g/mol. The summed E-state index contributed by atoms with van der Waals surface area (Å²) in [6.07, 6.45) is -3.27. The van der Waals surface area contributed by atoms with E-state index >= 15 is 0 Å². The molecule has 2 atom stereocenters. The third kappa shape index (κ3) is 2.69. The average molecular weight is 266 g/mol. The number of alkyl halides is 2. The van der Waals surface area contributed by atoms with Gasteiger partial charge in [0.05, 0.1) is 6.19 Å². The van der Waals surface area contributed by atoms with Crippen molar-refractivity contribution in [3.05, 3.63) is 34.9 Å². The first-order valence-electron chi connectivity index (χ1n) is 6.18. The molecule has 1 aromatic carbocycles. The molecule has 1 aromatic rings. The number of hydrogen-bond donors (Lipinski definition) is 1. The van der Waals surface area contributed by atoms with Gasteiger partial charge in [-0.3, -0.25) is 0 Å². The molecule has 0 aliphatic carbocycles. The molecule has 6 heteroatoms. The summed E-state index contributed by atoms with van der Waals surface area (Å²) in [4.78, 5) is 12.4. The number of benzene rings is 1. The first-order valence-corrected chi connectivity index (χ1v) is 6.18. The Kier molecular flexibility index (Phi) is 4.32. The molecule has 1 radical (unpaired) electrons. The van der Waals surface area contributed by atoms with Gasteiger partial charge in [0.15, 0.2) is 0 Å². The number of nitrogens with zero attached hydrogens (tertiary/aromatic N) is 1. The van der Waals surface area contributed by atoms with Gasteiger partial charge in [-0.2, -0.15) is 0 Å². The van der Waals surface area contributed by atoms with Crippen LogP contribution in [0.4, 0.5) is 8.78 Å². The van der Waals surface area contributed by atoms with Crippen LogP contribution in [0.15, 0.2) is 18.2 Å². The smallest absolute Gasteiger partial charge is 0.293 e. The third-order valence-corrected chi connectivity index (χ3v) is 3.63. The maximum absolute atomic E-state index is 12.7. The highest BCUT2D eigenvalue weighted by molar-refractivity contribution is 6.64. The van der Waals surface area contributed by atoms with E-state index in [0.29, 0.717) is 18.5 Å². The number of carbonyl (C=O) groups is 1. The largest absolute Gasteiger partial charge is 0.382 e. The lowest BCUT2D eigenvalue weighted by Gasteiger charge is -2.35. The fraction of sp³-hybridized carbons (Fsp3) is 0.462. The Balaban J connectivity index is 2.36. The van der Waals surface area contributed by atoms with Crippen molar-refractivity contribution in [3.8, 4) is 0 Å². The van der Waals surface area contributed by atoms with Crippen LogP contribution in [0, 0.1) is 0 Å². The SMILES string of the molecule is C[C@H]1c2cccc(C(O)C(F)F)c2CCN1[B]C=O. The van der Waals surface area contributed by atoms with Crippen molar-refractivity contribution in [1.82, 2.24) is 4.81 Å². The quantitative estimate of drug-likeness (QED) is 0.666. The molecule has 0 fully saturated rings. The standard InChI is InChI=1S/C13H15BF2NO2/c1-8-9-3-2-4-11(12(19)13(15)16)10(9)5-6-17(8)14-7-18/h2-4,7-8,12-13,19H,5-6H2,1H3/t8-,12?/m0/s1. The fourth-order valence-electron chi connectivity index (χ4n) is 2.61. The molecule has 0 amide bonds. The Morgan fingerprint density at radius 2 is 2.26 bits per heavy atom. The van der Waals surface area contributed by atoms with E-state index in [0.717, 1.165) is 17.3 Å². The molecule has 0 saturated heterocycles. The lowest BCUT2D eigenvalue weighted by molar-refractivity contribution is -0.00649. The normalized spacial score (nSPS) is 21.0. The fourth-order valence-corrected chi connectivity index (χ4v) is 2.61. The molecule has 1 heterocycles. The highest BCUT2D eigenvalue weighted by Crippen LogP contribution is 2.34. The molecule has 0 spiro atoms. The molecule has 0 saturated carbocycles. The molecule has 0 bridgehead atoms. The Labute approximate surface area is 111 Å². The Morgan fingerprint density at radius 1 is 1.53 bits per heavy atom. The van der Waals surface area contributed by atoms with Crippen LogP contribution >= 0.6 is 0 Å². The number of aliphatic hydroxyl groups is 1. The second kappa shape index (κ2) is 5.80. The predicted molar refractivity (Wildman–Crippen MR) is 68.7 cm³/mol. The van der Waals surface area contributed by atoms with Crippen LogP contribution in [0.25, 0.3) is 0 Å². The van der Waals surface area contributed by atoms with Gasteiger partial charge in [0.2, 0.25) is 0 Å². The van der Waals surface area contributed by atoms with E-state index in [1.165, 1.54) is 7.41 Å². The summed E-state index contributed by atoms with van der Waals surface area (Å²) in [6.45, 7) is 2.50. The number of fused-ring (bicyclic) bond motifs is 1. The van der Waals surface area contributed by atoms with E-state index in [9.17, 15) is 18.7 Å². The summed E-state index contributed by atoms with van der Waals surface area (Å²) < 4.78 is 25.3. The Bertz CT molecular complexity index is 470. The number of carbonyl (C=O) groups excluding carboxylic acids is 1. The predicted octanol–water partition coefficient (Wildman–Crippen LogP) is 1.71. The first-order chi connectivity index (χ1) is 9.06. The highest BCUT2D eigenvalue weighted by atomic mass is 19.3. The van der Waals surface area contributed by atoms with E-state index in [-0.39, 0.29) is 6.04 Å². The van der Waals surface area contributed by atoms with Gasteiger partial charge in [-0.15, -0.1) is 0 Å². The number of rotatable bonds is 4. The van der Waals surface area contributed by atoms with E-state index in [1.54, 1.807) is 12.1 Å². The van der Waals surface area contributed by atoms with Crippen LogP contribution in [0.1, 0.15) is 35.8 Å². The Hall–Kier alpha value is -1.27. The second-order valence-electron chi connectivity index (χ2n) is 4.64. The summed E-state index contributed by atoms with van der Waals surface area (Å²) in [6, 6.07) is 5.01. The molecule has 101 valence electrons. The minimum atomic E-state index is -2.79. The van der Waals surface area contributed by atoms with Crippen LogP contribution in [0.5, 0.6) is 0 Å². The van der Waals surface area contributed by atoms with Crippen molar-refractivity contribution in [2.24, 2.45) is 0 Å². The lowest BCUT2D eigenvalue weighted by Crippen LogP contribution is -2.38. The van der Waals surface area contributed by atoms with Gasteiger partial charge in [0.1, 0.15) is 6.10 Å². The molecule has 1 aliphatic heterocycles. The maximum atomic E-state index is 12.7. The second-order valence-corrected chi connectivity index (χ2v) is 4.64. The summed E-state index contributed by atoms with van der Waals surface area (Å²) >= 11 is 0. The van der Waals surface area contributed by atoms with Crippen molar-refractivity contribution >= 4 is 13.6 Å². The number of hydrogen-bond acceptors (Lipinski definition) is 3. The summed E-state index contributed by atoms with van der Waals surface area (Å²) in [5.74, 6) is 0. The Morgan fingerprint density at radius 3 is 2.89 bits per heavy atom. The number of aliphatic hydroxyl groups excluding tert-OH is 1. The molecule has 19 heavy (non-hydrogen) atoms. The maximum Gasteiger partial charge on any atom is 0.293 e. The molecule has 1 unspecified atom stereocenters. The summed E-state index contributed by atoms with van der Waals surface area (Å²) in [5.41, 5.74) is 1.96. The topological polar surface area (TPSA) is 40.5 Å². The molecule has 3 nitrogen and oxygen atoms in total. The lowest BCUT2D eigenvalue weighted by atomic mass is 9.81. The van der Waals surface area contributed by atoms with Gasteiger partial charge in [0.25, 0.3) is 13.8 Å². The van der Waals surface area contributed by atoms with Crippen LogP contribution in [0.3, 0.4) is 0 Å². The van der Waals surface area contributed by atoms with Crippen LogP contribution in [-0.4, -0.2) is 36.5 Å². The number of halogens is 2. The van der Waals surface area contributed by atoms with Gasteiger partial charge >= 0.3 is 0 Å². The van der Waals surface area contributed by atoms with E-state index < -0.39 is 12.5 Å². The van der Waals surface area contributed by atoms with Crippen molar-refractivity contribution in [3.63, 3.8) is 0 Å². The molecule has 1 aliphatic rings. The van der Waals surface area contributed by atoms with E-state index in [1.807, 2.05) is 17.8 Å². The molecule has 0 aromatic heterocycles. The zero-order chi connectivity index (χ0) is 14.0. The molecular weight excluding hydrogens is 251 g/mol. The van der Waals surface area contributed by atoms with Crippen molar-refractivity contribution in [2.75, 3.05) is 6.54 Å². The van der Waals surface area contributed by atoms with Crippen LogP contribution in [-0.2, 0) is 11.2 Å². The van der Waals surface area contributed by atoms with Gasteiger partial charge < -0.3 is 14.7 Å². The minimum absolute atomic E-state index is 0.0567. The van der Waals surface area contributed by atoms with Crippen molar-refractivity contribution in [2.45, 2.75) is 31.9 Å². The molecule has 2 rings (SSSR count). The van der Waals surface area contributed by atoms with Gasteiger partial charge in [0, 0.05) is 6.04 Å². The third-order valence-electron chi connectivity index (χ3n) is 3.63. The van der Waals surface area contributed by atoms with Crippen LogP contribution in [0.2, 0.25) is 0 Å². The minimum Gasteiger partial charge on any atom is -0.382 e. The zero-order valence-electron chi connectivity index (χ0n) is 10.6. The average Bonchev–Trinajstić information content (AvgIpc) is 2.40. The highest BCUT2D eigenvalue weighted by Gasteiger charge is 2.29. The van der Waals surface area contributed by atoms with Gasteiger partial charge in [-0.05, 0) is 36.6 Å². The van der Waals surface area contributed by atoms with E-state index in [2.05, 4.69) is 0 Å². The van der Waals surface area contributed by atoms with Crippen molar-refractivity contribution in [1.29, 1.82) is 0 Å². The van der Waals surface area contributed by atoms with Gasteiger partial charge in [-0.25, -0.2) is 8.78 Å². The first kappa shape index (κ1) is 14.2. The van der Waals surface area contributed by atoms with E-state index in [4.69, 9.17) is 0 Å². The summed E-state index contributed by atoms with van der Waals surface area (Å²) in [7, 11) is 1.46. The van der Waals surface area contributed by atoms with Crippen molar-refractivity contribution < 1.29 is 18.7 Å². The van der Waals surface area contributed by atoms with Crippen LogP contribution < -0.4 is 0 Å². The summed E-state index contributed by atoms with van der Waals surface area (Å²) in [5, 5.41) is 9.58. The van der Waals surface area contributed by atoms with Gasteiger partial charge in [-0.1, -0.05) is 18.2 Å². The molecule has 1 N–H and O–H groups in total. The zero-order valence-corrected chi connectivity index (χ0v) is 10.6. The molecular formula is C13H15BF2NO2.